The number of amides is 2. The predicted octanol–water partition coefficient (Wildman–Crippen LogP) is 2.65. The van der Waals surface area contributed by atoms with Gasteiger partial charge in [0.05, 0.1) is 25.7 Å². The first-order chi connectivity index (χ1) is 18.3. The first kappa shape index (κ1) is 27.9. The molecule has 1 aromatic carbocycles. The highest BCUT2D eigenvalue weighted by Crippen LogP contribution is 2.51. The molecule has 4 unspecified atom stereocenters. The van der Waals surface area contributed by atoms with Crippen molar-refractivity contribution in [1.29, 1.82) is 0 Å². The van der Waals surface area contributed by atoms with Crippen LogP contribution in [0.25, 0.3) is 0 Å². The van der Waals surface area contributed by atoms with Crippen molar-refractivity contribution in [2.45, 2.75) is 82.6 Å². The van der Waals surface area contributed by atoms with Crippen LogP contribution >= 0.6 is 0 Å². The van der Waals surface area contributed by atoms with Gasteiger partial charge in [-0.3, -0.25) is 14.4 Å². The van der Waals surface area contributed by atoms with Gasteiger partial charge < -0.3 is 29.9 Å². The van der Waals surface area contributed by atoms with E-state index in [4.69, 9.17) is 9.47 Å². The maximum Gasteiger partial charge on any atom is 0.247 e. The van der Waals surface area contributed by atoms with Gasteiger partial charge in [-0.05, 0) is 44.9 Å². The molecule has 2 amide bonds. The highest BCUT2D eigenvalue weighted by Gasteiger charge is 2.52. The summed E-state index contributed by atoms with van der Waals surface area (Å²) in [5, 5.41) is 23.8. The van der Waals surface area contributed by atoms with Crippen LogP contribution in [-0.4, -0.2) is 77.8 Å². The average Bonchev–Trinajstić information content (AvgIpc) is 3.08. The Morgan fingerprint density at radius 1 is 1.18 bits per heavy atom. The molecule has 3 aliphatic rings. The third-order valence-corrected chi connectivity index (χ3v) is 7.62. The minimum absolute atomic E-state index is 0.0508. The van der Waals surface area contributed by atoms with E-state index in [0.717, 1.165) is 44.1 Å². The summed E-state index contributed by atoms with van der Waals surface area (Å²) in [4.78, 5) is 40.4. The highest BCUT2D eigenvalue weighted by atomic mass is 16.5. The summed E-state index contributed by atoms with van der Waals surface area (Å²) < 4.78 is 11.7. The predicted molar refractivity (Wildman–Crippen MR) is 141 cm³/mol. The molecule has 3 N–H and O–H groups in total. The molecule has 9 heteroatoms. The summed E-state index contributed by atoms with van der Waals surface area (Å²) in [6.07, 6.45) is 7.74. The molecule has 0 radical (unpaired) electrons. The van der Waals surface area contributed by atoms with Gasteiger partial charge >= 0.3 is 0 Å². The van der Waals surface area contributed by atoms with Crippen molar-refractivity contribution in [3.63, 3.8) is 0 Å². The van der Waals surface area contributed by atoms with E-state index in [1.54, 1.807) is 29.2 Å². The van der Waals surface area contributed by atoms with Crippen LogP contribution in [0.15, 0.2) is 35.4 Å². The second-order valence-corrected chi connectivity index (χ2v) is 10.5. The molecular formula is C29H38N2O7. The summed E-state index contributed by atoms with van der Waals surface area (Å²) in [6.45, 7) is 3.53. The normalized spacial score (nSPS) is 24.6. The second-order valence-electron chi connectivity index (χ2n) is 10.5. The van der Waals surface area contributed by atoms with E-state index in [9.17, 15) is 24.6 Å². The Bertz CT molecular complexity index is 1120. The number of benzene rings is 1. The van der Waals surface area contributed by atoms with Crippen molar-refractivity contribution >= 4 is 18.1 Å². The summed E-state index contributed by atoms with van der Waals surface area (Å²) in [7, 11) is 1.46. The molecule has 1 heterocycles. The van der Waals surface area contributed by atoms with E-state index in [0.29, 0.717) is 34.5 Å². The van der Waals surface area contributed by atoms with Crippen LogP contribution in [0.2, 0.25) is 0 Å². The first-order valence-corrected chi connectivity index (χ1v) is 13.4. The number of ether oxygens (including phenoxy) is 2. The van der Waals surface area contributed by atoms with E-state index in [1.807, 2.05) is 13.8 Å². The lowest BCUT2D eigenvalue weighted by molar-refractivity contribution is -0.135. The number of nitrogens with one attached hydrogen (secondary N) is 1. The fourth-order valence-electron chi connectivity index (χ4n) is 5.96. The number of carbonyl (C=O) groups is 3. The van der Waals surface area contributed by atoms with Crippen LogP contribution in [0.4, 0.5) is 0 Å². The van der Waals surface area contributed by atoms with E-state index in [-0.39, 0.29) is 25.1 Å². The number of allylic oxidation sites excluding steroid dienone is 1. The molecule has 1 fully saturated rings. The lowest BCUT2D eigenvalue weighted by Gasteiger charge is -2.43. The largest absolute Gasteiger partial charge is 0.493 e. The zero-order valence-electron chi connectivity index (χ0n) is 22.3. The Balaban J connectivity index is 1.84. The Morgan fingerprint density at radius 2 is 1.89 bits per heavy atom. The molecule has 4 atom stereocenters. The van der Waals surface area contributed by atoms with Crippen LogP contribution < -0.4 is 14.8 Å². The Labute approximate surface area is 223 Å². The van der Waals surface area contributed by atoms with E-state index in [2.05, 4.69) is 5.32 Å². The van der Waals surface area contributed by atoms with Crippen LogP contribution in [-0.2, 0) is 9.59 Å². The molecule has 4 rings (SSSR count). The maximum atomic E-state index is 13.6. The van der Waals surface area contributed by atoms with Crippen molar-refractivity contribution in [3.8, 4) is 11.5 Å². The van der Waals surface area contributed by atoms with Crippen LogP contribution in [0, 0.1) is 0 Å². The van der Waals surface area contributed by atoms with Crippen molar-refractivity contribution in [3.05, 3.63) is 46.6 Å². The molecule has 2 aliphatic carbocycles. The molecule has 9 nitrogen and oxygen atoms in total. The monoisotopic (exact) mass is 526 g/mol. The van der Waals surface area contributed by atoms with Gasteiger partial charge in [-0.2, -0.15) is 0 Å². The number of methoxy groups -OCH3 is 1. The molecule has 0 spiro atoms. The van der Waals surface area contributed by atoms with Crippen LogP contribution in [0.1, 0.15) is 74.2 Å². The zero-order valence-corrected chi connectivity index (χ0v) is 22.3. The van der Waals surface area contributed by atoms with Crippen molar-refractivity contribution < 1.29 is 34.1 Å². The standard InChI is InChI=1S/C29H38N2O7/c1-17(2)12-24(34)31(19-8-6-4-5-7-9-19)22-15-21(29(36)30-10-11-32)25-20-13-18(16-33)14-23(37-3)27(20)38-28(25)26(22)35/h12-16,19,22,25-26,28,32,35H,4-11H2,1-3H3,(H,30,36). The molecular weight excluding hydrogens is 488 g/mol. The maximum absolute atomic E-state index is 13.6. The third kappa shape index (κ3) is 5.49. The van der Waals surface area contributed by atoms with Crippen LogP contribution in [0.3, 0.4) is 0 Å². The van der Waals surface area contributed by atoms with E-state index < -0.39 is 30.1 Å². The number of hydrogen-bond donors (Lipinski definition) is 3. The van der Waals surface area contributed by atoms with Gasteiger partial charge in [0.2, 0.25) is 11.8 Å². The van der Waals surface area contributed by atoms with Crippen LogP contribution in [0.5, 0.6) is 11.5 Å². The molecule has 0 saturated heterocycles. The molecule has 38 heavy (non-hydrogen) atoms. The van der Waals surface area contributed by atoms with Gasteiger partial charge in [0.1, 0.15) is 18.5 Å². The highest BCUT2D eigenvalue weighted by molar-refractivity contribution is 5.97. The Hall–Kier alpha value is -3.17. The zero-order chi connectivity index (χ0) is 27.4. The molecule has 1 aliphatic heterocycles. The number of aliphatic hydroxyl groups excluding tert-OH is 2. The second kappa shape index (κ2) is 12.1. The first-order valence-electron chi connectivity index (χ1n) is 13.4. The van der Waals surface area contributed by atoms with Gasteiger partial charge in [0.25, 0.3) is 0 Å². The number of fused-ring (bicyclic) bond motifs is 3. The Kier molecular flexibility index (Phi) is 8.89. The summed E-state index contributed by atoms with van der Waals surface area (Å²) in [5.41, 5.74) is 2.09. The summed E-state index contributed by atoms with van der Waals surface area (Å²) in [6, 6.07) is 2.31. The Morgan fingerprint density at radius 3 is 2.50 bits per heavy atom. The van der Waals surface area contributed by atoms with Crippen molar-refractivity contribution in [2.75, 3.05) is 20.3 Å². The van der Waals surface area contributed by atoms with Crippen molar-refractivity contribution in [2.24, 2.45) is 0 Å². The smallest absolute Gasteiger partial charge is 0.247 e. The van der Waals surface area contributed by atoms with Gasteiger partial charge in [-0.15, -0.1) is 0 Å². The molecule has 0 aromatic heterocycles. The topological polar surface area (TPSA) is 125 Å². The lowest BCUT2D eigenvalue weighted by Crippen LogP contribution is -2.58. The minimum atomic E-state index is -1.14. The number of rotatable bonds is 8. The fourth-order valence-corrected chi connectivity index (χ4v) is 5.96. The summed E-state index contributed by atoms with van der Waals surface area (Å²) in [5.74, 6) is -0.613. The quantitative estimate of drug-likeness (QED) is 0.270. The van der Waals surface area contributed by atoms with E-state index >= 15 is 0 Å². The van der Waals surface area contributed by atoms with Crippen molar-refractivity contribution in [1.82, 2.24) is 10.2 Å². The number of hydrogen-bond acceptors (Lipinski definition) is 7. The third-order valence-electron chi connectivity index (χ3n) is 7.62. The number of nitrogens with zero attached hydrogens (tertiary/aromatic N) is 1. The molecule has 0 bridgehead atoms. The number of aldehydes is 1. The van der Waals surface area contributed by atoms with E-state index in [1.165, 1.54) is 7.11 Å². The van der Waals surface area contributed by atoms with Gasteiger partial charge in [-0.25, -0.2) is 0 Å². The SMILES string of the molecule is COc1cc(C=O)cc2c1OC1C2C(C(=O)NCCO)=CC(N(C(=O)C=C(C)C)C2CCCCCC2)C1O. The van der Waals surface area contributed by atoms with Gasteiger partial charge in [0.15, 0.2) is 11.5 Å². The summed E-state index contributed by atoms with van der Waals surface area (Å²) >= 11 is 0. The minimum Gasteiger partial charge on any atom is -0.493 e. The van der Waals surface area contributed by atoms with Gasteiger partial charge in [-0.1, -0.05) is 31.3 Å². The molecule has 206 valence electrons. The number of aliphatic hydroxyl groups is 2. The molecule has 1 aromatic rings. The van der Waals surface area contributed by atoms with Gasteiger partial charge in [0, 0.05) is 35.4 Å². The average molecular weight is 527 g/mol. The lowest BCUT2D eigenvalue weighted by atomic mass is 9.76. The molecule has 1 saturated carbocycles. The fraction of sp³-hybridized carbons (Fsp3) is 0.552. The number of carbonyl (C=O) groups excluding carboxylic acids is 3.